The van der Waals surface area contributed by atoms with Crippen LogP contribution in [0.2, 0.25) is 0 Å². The molecule has 0 atom stereocenters. The number of hydrogen-bond donors (Lipinski definition) is 0. The van der Waals surface area contributed by atoms with Crippen LogP contribution < -0.4 is 0 Å². The van der Waals surface area contributed by atoms with Crippen molar-refractivity contribution in [3.05, 3.63) is 57.2 Å². The first-order valence-electron chi connectivity index (χ1n) is 7.88. The number of nitrogens with zero attached hydrogens (tertiary/aromatic N) is 2. The van der Waals surface area contributed by atoms with Crippen molar-refractivity contribution in [3.63, 3.8) is 0 Å². The number of aromatic nitrogens is 2. The predicted molar refractivity (Wildman–Crippen MR) is 78.1 cm³/mol. The van der Waals surface area contributed by atoms with Crippen LogP contribution in [0.5, 0.6) is 0 Å². The zero-order valence-corrected chi connectivity index (χ0v) is 11.7. The summed E-state index contributed by atoms with van der Waals surface area (Å²) in [5.41, 5.74) is 11.4. The van der Waals surface area contributed by atoms with Crippen LogP contribution in [-0.4, -0.2) is 9.97 Å². The van der Waals surface area contributed by atoms with Crippen molar-refractivity contribution in [1.29, 1.82) is 0 Å². The molecular weight excluding hydrogens is 244 g/mol. The highest BCUT2D eigenvalue weighted by molar-refractivity contribution is 5.41. The van der Waals surface area contributed by atoms with Crippen LogP contribution in [0.15, 0.2) is 12.1 Å². The van der Waals surface area contributed by atoms with Gasteiger partial charge in [0.1, 0.15) is 0 Å². The minimum atomic E-state index is 1.07. The van der Waals surface area contributed by atoms with Crippen molar-refractivity contribution in [2.24, 2.45) is 0 Å². The molecule has 0 radical (unpaired) electrons. The molecule has 20 heavy (non-hydrogen) atoms. The van der Waals surface area contributed by atoms with Crippen molar-refractivity contribution in [1.82, 2.24) is 9.97 Å². The Morgan fingerprint density at radius 1 is 0.450 bits per heavy atom. The molecule has 3 aliphatic rings. The summed E-state index contributed by atoms with van der Waals surface area (Å²) in [5, 5.41) is 0. The first-order valence-corrected chi connectivity index (χ1v) is 7.88. The van der Waals surface area contributed by atoms with Gasteiger partial charge in [0.2, 0.25) is 0 Å². The Kier molecular flexibility index (Phi) is 2.15. The Balaban J connectivity index is 1.55. The Labute approximate surface area is 119 Å². The first kappa shape index (κ1) is 11.0. The second-order valence-corrected chi connectivity index (χ2v) is 6.40. The number of hydrogen-bond acceptors (Lipinski definition) is 2. The maximum atomic E-state index is 4.90. The van der Waals surface area contributed by atoms with Gasteiger partial charge >= 0.3 is 0 Å². The highest BCUT2D eigenvalue weighted by atomic mass is 14.8. The fraction of sp³-hybridized carbons (Fsp3) is 0.444. The van der Waals surface area contributed by atoms with E-state index < -0.39 is 0 Å². The molecule has 0 aliphatic heterocycles. The highest BCUT2D eigenvalue weighted by Gasteiger charge is 2.23. The molecule has 2 nitrogen and oxygen atoms in total. The second kappa shape index (κ2) is 3.91. The molecule has 0 N–H and O–H groups in total. The standard InChI is InChI=1S/C18H18N2/c1-2-12-10-14-4-6-16(14)20-18(12)8-7-17-11(1)9-13-3-5-15(13)19-17/h9-10H,1-8H2. The van der Waals surface area contributed by atoms with E-state index >= 15 is 0 Å². The topological polar surface area (TPSA) is 25.8 Å². The minimum Gasteiger partial charge on any atom is -0.257 e. The van der Waals surface area contributed by atoms with E-state index in [0.717, 1.165) is 25.7 Å². The quantitative estimate of drug-likeness (QED) is 0.729. The Hall–Kier alpha value is -1.70. The summed E-state index contributed by atoms with van der Waals surface area (Å²) in [4.78, 5) is 9.80. The van der Waals surface area contributed by atoms with Crippen LogP contribution in [-0.2, 0) is 51.4 Å². The van der Waals surface area contributed by atoms with E-state index in [1.54, 1.807) is 0 Å². The van der Waals surface area contributed by atoms with Crippen LogP contribution in [0.3, 0.4) is 0 Å². The summed E-state index contributed by atoms with van der Waals surface area (Å²) < 4.78 is 0. The molecule has 5 rings (SSSR count). The van der Waals surface area contributed by atoms with Gasteiger partial charge in [0.25, 0.3) is 0 Å². The molecule has 0 aromatic carbocycles. The maximum Gasteiger partial charge on any atom is 0.0443 e. The molecule has 0 spiro atoms. The van der Waals surface area contributed by atoms with Gasteiger partial charge in [-0.2, -0.15) is 0 Å². The van der Waals surface area contributed by atoms with Crippen molar-refractivity contribution in [3.8, 4) is 0 Å². The van der Waals surface area contributed by atoms with Crippen molar-refractivity contribution in [2.75, 3.05) is 0 Å². The van der Waals surface area contributed by atoms with Gasteiger partial charge in [-0.15, -0.1) is 0 Å². The van der Waals surface area contributed by atoms with Crippen LogP contribution >= 0.6 is 0 Å². The second-order valence-electron chi connectivity index (χ2n) is 6.40. The summed E-state index contributed by atoms with van der Waals surface area (Å²) in [5.74, 6) is 0. The monoisotopic (exact) mass is 262 g/mol. The van der Waals surface area contributed by atoms with Gasteiger partial charge in [-0.3, -0.25) is 9.97 Å². The van der Waals surface area contributed by atoms with E-state index in [4.69, 9.17) is 9.97 Å². The first-order chi connectivity index (χ1) is 9.87. The fourth-order valence-electron chi connectivity index (χ4n) is 3.76. The molecule has 2 heteroatoms. The molecule has 100 valence electrons. The number of aryl methyl sites for hydroxylation is 8. The smallest absolute Gasteiger partial charge is 0.0443 e. The third kappa shape index (κ3) is 1.51. The SMILES string of the molecule is c1c2c(nc3c1CCc1cc4c(nc1CC3)CC4)CC2. The average Bonchev–Trinajstić information content (AvgIpc) is 2.39. The van der Waals surface area contributed by atoms with Crippen LogP contribution in [0.25, 0.3) is 0 Å². The predicted octanol–water partition coefficient (Wildman–Crippen LogP) is 2.56. The summed E-state index contributed by atoms with van der Waals surface area (Å²) in [6.45, 7) is 0. The zero-order chi connectivity index (χ0) is 13.1. The third-order valence-corrected chi connectivity index (χ3v) is 5.24. The Bertz CT molecular complexity index is 605. The molecule has 0 amide bonds. The van der Waals surface area contributed by atoms with E-state index in [-0.39, 0.29) is 0 Å². The Morgan fingerprint density at radius 2 is 0.750 bits per heavy atom. The van der Waals surface area contributed by atoms with Gasteiger partial charge in [0.15, 0.2) is 0 Å². The van der Waals surface area contributed by atoms with E-state index in [1.807, 2.05) is 0 Å². The maximum absolute atomic E-state index is 4.90. The molecule has 2 aromatic rings. The Morgan fingerprint density at radius 3 is 1.05 bits per heavy atom. The van der Waals surface area contributed by atoms with Gasteiger partial charge < -0.3 is 0 Å². The van der Waals surface area contributed by atoms with Gasteiger partial charge in [0, 0.05) is 22.8 Å². The van der Waals surface area contributed by atoms with Gasteiger partial charge in [-0.05, 0) is 73.6 Å². The van der Waals surface area contributed by atoms with Crippen molar-refractivity contribution < 1.29 is 0 Å². The lowest BCUT2D eigenvalue weighted by molar-refractivity contribution is 0.705. The van der Waals surface area contributed by atoms with Crippen LogP contribution in [0.4, 0.5) is 0 Å². The van der Waals surface area contributed by atoms with Gasteiger partial charge in [-0.25, -0.2) is 0 Å². The molecule has 0 bridgehead atoms. The molecule has 0 saturated carbocycles. The number of fused-ring (bicyclic) bond motifs is 4. The zero-order valence-electron chi connectivity index (χ0n) is 11.7. The molecule has 0 fully saturated rings. The van der Waals surface area contributed by atoms with Crippen molar-refractivity contribution in [2.45, 2.75) is 51.4 Å². The molecule has 0 saturated heterocycles. The lowest BCUT2D eigenvalue weighted by atomic mass is 9.85. The van der Waals surface area contributed by atoms with E-state index in [0.29, 0.717) is 0 Å². The lowest BCUT2D eigenvalue weighted by Crippen LogP contribution is -2.19. The summed E-state index contributed by atoms with van der Waals surface area (Å²) >= 11 is 0. The molecular formula is C18H18N2. The molecule has 3 aliphatic carbocycles. The summed E-state index contributed by atoms with van der Waals surface area (Å²) in [6, 6.07) is 4.86. The molecule has 2 heterocycles. The van der Waals surface area contributed by atoms with Gasteiger partial charge in [0.05, 0.1) is 0 Å². The van der Waals surface area contributed by atoms with E-state index in [2.05, 4.69) is 12.1 Å². The molecule has 0 unspecified atom stereocenters. The molecule has 2 aromatic heterocycles. The van der Waals surface area contributed by atoms with Crippen LogP contribution in [0, 0.1) is 0 Å². The normalized spacial score (nSPS) is 18.4. The fourth-order valence-corrected chi connectivity index (χ4v) is 3.76. The largest absolute Gasteiger partial charge is 0.257 e. The number of rotatable bonds is 0. The highest BCUT2D eigenvalue weighted by Crippen LogP contribution is 2.29. The van der Waals surface area contributed by atoms with Crippen molar-refractivity contribution >= 4 is 0 Å². The minimum absolute atomic E-state index is 1.07. The van der Waals surface area contributed by atoms with Gasteiger partial charge in [-0.1, -0.05) is 12.1 Å². The number of pyridine rings is 2. The average molecular weight is 262 g/mol. The summed E-state index contributed by atoms with van der Waals surface area (Å²) in [7, 11) is 0. The van der Waals surface area contributed by atoms with E-state index in [9.17, 15) is 0 Å². The van der Waals surface area contributed by atoms with E-state index in [1.165, 1.54) is 70.7 Å². The summed E-state index contributed by atoms with van der Waals surface area (Å²) in [6.07, 6.45) is 9.27. The third-order valence-electron chi connectivity index (χ3n) is 5.24. The van der Waals surface area contributed by atoms with Crippen LogP contribution in [0.1, 0.15) is 45.0 Å². The lowest BCUT2D eigenvalue weighted by Gasteiger charge is -2.25.